The maximum absolute atomic E-state index is 13.4. The summed E-state index contributed by atoms with van der Waals surface area (Å²) in [7, 11) is 1.90. The molecule has 0 bridgehead atoms. The van der Waals surface area contributed by atoms with Gasteiger partial charge in [0.25, 0.3) is 0 Å². The molecule has 2 aromatic rings. The number of benzene rings is 1. The third-order valence-corrected chi connectivity index (χ3v) is 3.68. The first-order valence-electron chi connectivity index (χ1n) is 6.68. The predicted octanol–water partition coefficient (Wildman–Crippen LogP) is 3.41. The van der Waals surface area contributed by atoms with E-state index in [1.54, 1.807) is 10.7 Å². The van der Waals surface area contributed by atoms with Crippen molar-refractivity contribution < 1.29 is 4.39 Å². The van der Waals surface area contributed by atoms with E-state index in [1.807, 2.05) is 27.1 Å². The summed E-state index contributed by atoms with van der Waals surface area (Å²) in [4.78, 5) is 0. The van der Waals surface area contributed by atoms with Crippen molar-refractivity contribution in [2.45, 2.75) is 26.3 Å². The molecule has 20 heavy (non-hydrogen) atoms. The summed E-state index contributed by atoms with van der Waals surface area (Å²) in [5.41, 5.74) is 2.90. The molecular formula is C15H19ClFN3. The Morgan fingerprint density at radius 1 is 1.45 bits per heavy atom. The molecule has 3 nitrogen and oxygen atoms in total. The number of aromatic nitrogens is 2. The van der Waals surface area contributed by atoms with Crippen LogP contribution in [0.15, 0.2) is 24.4 Å². The van der Waals surface area contributed by atoms with Crippen LogP contribution in [-0.2, 0) is 13.5 Å². The number of nitrogens with one attached hydrogen (secondary N) is 1. The second-order valence-electron chi connectivity index (χ2n) is 4.89. The topological polar surface area (TPSA) is 29.9 Å². The quantitative estimate of drug-likeness (QED) is 0.916. The maximum Gasteiger partial charge on any atom is 0.123 e. The van der Waals surface area contributed by atoms with Crippen LogP contribution in [0.2, 0.25) is 5.02 Å². The third-order valence-electron chi connectivity index (χ3n) is 3.31. The number of likely N-dealkylation sites (N-methyl/N-ethyl adjacent to an activating group) is 1. The Balaban J connectivity index is 2.30. The maximum atomic E-state index is 13.4. The van der Waals surface area contributed by atoms with E-state index in [2.05, 4.69) is 10.4 Å². The molecule has 0 aliphatic rings. The second kappa shape index (κ2) is 6.37. The van der Waals surface area contributed by atoms with Crippen molar-refractivity contribution in [2.75, 3.05) is 6.54 Å². The van der Waals surface area contributed by atoms with E-state index >= 15 is 0 Å². The zero-order valence-corrected chi connectivity index (χ0v) is 12.7. The van der Waals surface area contributed by atoms with Gasteiger partial charge in [0.2, 0.25) is 0 Å². The van der Waals surface area contributed by atoms with Crippen molar-refractivity contribution in [2.24, 2.45) is 7.05 Å². The summed E-state index contributed by atoms with van der Waals surface area (Å²) in [6.45, 7) is 4.85. The molecular weight excluding hydrogens is 277 g/mol. The van der Waals surface area contributed by atoms with Crippen LogP contribution in [0.5, 0.6) is 0 Å². The highest BCUT2D eigenvalue weighted by molar-refractivity contribution is 6.31. The molecule has 0 saturated heterocycles. The minimum absolute atomic E-state index is 0.0769. The zero-order chi connectivity index (χ0) is 14.7. The van der Waals surface area contributed by atoms with Crippen molar-refractivity contribution in [1.29, 1.82) is 0 Å². The molecule has 1 unspecified atom stereocenters. The fraction of sp³-hybridized carbons (Fsp3) is 0.400. The van der Waals surface area contributed by atoms with Gasteiger partial charge in [-0.15, -0.1) is 0 Å². The average Bonchev–Trinajstić information content (AvgIpc) is 2.72. The van der Waals surface area contributed by atoms with Gasteiger partial charge in [-0.1, -0.05) is 18.5 Å². The molecule has 1 aromatic carbocycles. The fourth-order valence-electron chi connectivity index (χ4n) is 2.42. The molecule has 1 heterocycles. The van der Waals surface area contributed by atoms with Crippen LogP contribution in [0.4, 0.5) is 4.39 Å². The SMILES string of the molecule is CCNC(Cc1cc(F)ccc1Cl)c1cn(C)nc1C. The highest BCUT2D eigenvalue weighted by atomic mass is 35.5. The number of hydrogen-bond donors (Lipinski definition) is 1. The zero-order valence-electron chi connectivity index (χ0n) is 12.0. The Bertz CT molecular complexity index is 595. The molecule has 0 aliphatic heterocycles. The van der Waals surface area contributed by atoms with Gasteiger partial charge in [-0.25, -0.2) is 4.39 Å². The third kappa shape index (κ3) is 3.38. The Hall–Kier alpha value is -1.39. The number of hydrogen-bond acceptors (Lipinski definition) is 2. The summed E-state index contributed by atoms with van der Waals surface area (Å²) in [6.07, 6.45) is 2.63. The van der Waals surface area contributed by atoms with Gasteiger partial charge in [-0.2, -0.15) is 5.10 Å². The van der Waals surface area contributed by atoms with E-state index in [0.29, 0.717) is 11.4 Å². The first-order chi connectivity index (χ1) is 9.51. The van der Waals surface area contributed by atoms with Crippen LogP contribution in [0, 0.1) is 12.7 Å². The molecule has 2 rings (SSSR count). The van der Waals surface area contributed by atoms with Crippen molar-refractivity contribution in [3.8, 4) is 0 Å². The minimum Gasteiger partial charge on any atom is -0.310 e. The molecule has 0 amide bonds. The van der Waals surface area contributed by atoms with E-state index < -0.39 is 0 Å². The van der Waals surface area contributed by atoms with Crippen LogP contribution in [0.3, 0.4) is 0 Å². The summed E-state index contributed by atoms with van der Waals surface area (Å²) >= 11 is 6.16. The van der Waals surface area contributed by atoms with Gasteiger partial charge in [0.1, 0.15) is 5.82 Å². The summed E-state index contributed by atoms with van der Waals surface area (Å²) in [5.74, 6) is -0.262. The average molecular weight is 296 g/mol. The van der Waals surface area contributed by atoms with Gasteiger partial charge in [-0.3, -0.25) is 4.68 Å². The smallest absolute Gasteiger partial charge is 0.123 e. The van der Waals surface area contributed by atoms with Crippen molar-refractivity contribution >= 4 is 11.6 Å². The normalized spacial score (nSPS) is 12.7. The Labute approximate surface area is 123 Å². The first kappa shape index (κ1) is 15.0. The highest BCUT2D eigenvalue weighted by Gasteiger charge is 2.17. The van der Waals surface area contributed by atoms with Gasteiger partial charge in [0, 0.05) is 29.9 Å². The largest absolute Gasteiger partial charge is 0.310 e. The molecule has 108 valence electrons. The fourth-order valence-corrected chi connectivity index (χ4v) is 2.61. The van der Waals surface area contributed by atoms with Crippen LogP contribution >= 0.6 is 11.6 Å². The minimum atomic E-state index is -0.262. The number of halogens is 2. The van der Waals surface area contributed by atoms with Crippen molar-refractivity contribution in [1.82, 2.24) is 15.1 Å². The van der Waals surface area contributed by atoms with E-state index in [9.17, 15) is 4.39 Å². The lowest BCUT2D eigenvalue weighted by molar-refractivity contribution is 0.544. The van der Waals surface area contributed by atoms with Gasteiger partial charge in [0.05, 0.1) is 5.69 Å². The molecule has 5 heteroatoms. The molecule has 1 aromatic heterocycles. The lowest BCUT2D eigenvalue weighted by Crippen LogP contribution is -2.23. The Morgan fingerprint density at radius 2 is 2.20 bits per heavy atom. The monoisotopic (exact) mass is 295 g/mol. The number of rotatable bonds is 5. The molecule has 0 aliphatic carbocycles. The van der Waals surface area contributed by atoms with E-state index in [4.69, 9.17) is 11.6 Å². The van der Waals surface area contributed by atoms with Crippen molar-refractivity contribution in [3.05, 3.63) is 52.1 Å². The molecule has 1 atom stereocenters. The van der Waals surface area contributed by atoms with Gasteiger partial charge >= 0.3 is 0 Å². The molecule has 1 N–H and O–H groups in total. The molecule has 0 radical (unpaired) electrons. The first-order valence-corrected chi connectivity index (χ1v) is 7.06. The number of aryl methyl sites for hydroxylation is 2. The molecule has 0 fully saturated rings. The predicted molar refractivity (Wildman–Crippen MR) is 79.5 cm³/mol. The van der Waals surface area contributed by atoms with E-state index in [0.717, 1.165) is 23.4 Å². The summed E-state index contributed by atoms with van der Waals surface area (Å²) < 4.78 is 15.2. The van der Waals surface area contributed by atoms with Gasteiger partial charge in [-0.05, 0) is 43.7 Å². The van der Waals surface area contributed by atoms with Gasteiger partial charge in [0.15, 0.2) is 0 Å². The standard InChI is InChI=1S/C15H19ClFN3/c1-4-18-15(13-9-20(3)19-10(13)2)8-11-7-12(17)5-6-14(11)16/h5-7,9,15,18H,4,8H2,1-3H3. The second-order valence-corrected chi connectivity index (χ2v) is 5.30. The van der Waals surface area contributed by atoms with E-state index in [1.165, 1.54) is 12.1 Å². The van der Waals surface area contributed by atoms with E-state index in [-0.39, 0.29) is 11.9 Å². The lowest BCUT2D eigenvalue weighted by atomic mass is 9.99. The lowest BCUT2D eigenvalue weighted by Gasteiger charge is -2.18. The Morgan fingerprint density at radius 3 is 2.80 bits per heavy atom. The Kier molecular flexibility index (Phi) is 4.78. The van der Waals surface area contributed by atoms with Crippen molar-refractivity contribution in [3.63, 3.8) is 0 Å². The van der Waals surface area contributed by atoms with Crippen LogP contribution < -0.4 is 5.32 Å². The highest BCUT2D eigenvalue weighted by Crippen LogP contribution is 2.25. The molecule has 0 spiro atoms. The molecule has 0 saturated carbocycles. The van der Waals surface area contributed by atoms with Gasteiger partial charge < -0.3 is 5.32 Å². The summed E-state index contributed by atoms with van der Waals surface area (Å²) in [5, 5.41) is 8.37. The summed E-state index contributed by atoms with van der Waals surface area (Å²) in [6, 6.07) is 4.56. The van der Waals surface area contributed by atoms with Crippen LogP contribution in [0.1, 0.15) is 29.8 Å². The van der Waals surface area contributed by atoms with Crippen LogP contribution in [0.25, 0.3) is 0 Å². The van der Waals surface area contributed by atoms with Crippen LogP contribution in [-0.4, -0.2) is 16.3 Å². The number of nitrogens with zero attached hydrogens (tertiary/aromatic N) is 2.